The van der Waals surface area contributed by atoms with Gasteiger partial charge in [0.25, 0.3) is 5.91 Å². The number of carbonyl (C=O) groups is 3. The number of aromatic nitrogens is 2. The minimum Gasteiger partial charge on any atom is -0.492 e. The van der Waals surface area contributed by atoms with E-state index in [4.69, 9.17) is 22.1 Å². The Hall–Kier alpha value is -4.67. The van der Waals surface area contributed by atoms with Crippen LogP contribution in [0.2, 0.25) is 5.02 Å². The molecule has 234 valence electrons. The van der Waals surface area contributed by atoms with E-state index in [2.05, 4.69) is 37.6 Å². The molecular weight excluding hydrogens is 592 g/mol. The lowest BCUT2D eigenvalue weighted by molar-refractivity contribution is -0.122. The van der Waals surface area contributed by atoms with Gasteiger partial charge in [0, 0.05) is 62.2 Å². The van der Waals surface area contributed by atoms with Crippen molar-refractivity contribution in [3.05, 3.63) is 118 Å². The molecule has 0 spiro atoms. The molecule has 1 unspecified atom stereocenters. The van der Waals surface area contributed by atoms with E-state index in [-0.39, 0.29) is 23.8 Å². The second-order valence-electron chi connectivity index (χ2n) is 11.1. The maximum Gasteiger partial charge on any atom is 0.255 e. The minimum absolute atomic E-state index is 0.0433. The van der Waals surface area contributed by atoms with Gasteiger partial charge in [-0.05, 0) is 41.3 Å². The molecule has 3 aromatic carbocycles. The van der Waals surface area contributed by atoms with E-state index in [1.807, 2.05) is 48.9 Å². The molecule has 4 aromatic rings. The number of carbonyl (C=O) groups excluding carboxylic acids is 3. The average molecular weight is 629 g/mol. The van der Waals surface area contributed by atoms with Crippen molar-refractivity contribution in [1.82, 2.24) is 25.5 Å². The van der Waals surface area contributed by atoms with Crippen molar-refractivity contribution in [2.24, 2.45) is 5.73 Å². The van der Waals surface area contributed by atoms with Gasteiger partial charge in [-0.1, -0.05) is 60.1 Å². The molecule has 0 saturated heterocycles. The molecular formula is C34H37ClN6O4. The molecule has 10 nitrogen and oxygen atoms in total. The highest BCUT2D eigenvalue weighted by Crippen LogP contribution is 2.35. The fraction of sp³-hybridized carbons (Fsp3) is 0.294. The third-order valence-electron chi connectivity index (χ3n) is 7.90. The third-order valence-corrected chi connectivity index (χ3v) is 8.16. The summed E-state index contributed by atoms with van der Waals surface area (Å²) in [5.74, 6) is -0.458. The molecule has 0 fully saturated rings. The zero-order valence-electron chi connectivity index (χ0n) is 25.1. The highest BCUT2D eigenvalue weighted by atomic mass is 35.5. The Bertz CT molecular complexity index is 1640. The number of benzene rings is 3. The number of hydrogen-bond acceptors (Lipinski definition) is 6. The topological polar surface area (TPSA) is 140 Å². The van der Waals surface area contributed by atoms with E-state index >= 15 is 0 Å². The van der Waals surface area contributed by atoms with Gasteiger partial charge in [-0.15, -0.1) is 0 Å². The summed E-state index contributed by atoms with van der Waals surface area (Å²) in [6, 6.07) is 20.0. The zero-order valence-corrected chi connectivity index (χ0v) is 25.8. The molecule has 2 atom stereocenters. The molecule has 3 amide bonds. The molecule has 5 rings (SSSR count). The standard InChI is InChI=1S/C34H37ClN6O4/c1-37-34(44)30(17-23-9-12-25(35)13-10-23)40-33(43)28-4-2-3-27-29(15-16-45-32(27)28)39-19-26-18-38-21-41(26)20-24-7-5-22(6-8-24)11-14-31(36)42/h2-10,12-13,18,21,29-30,39H,11,14-17,19-20H2,1H3,(H2,36,42)(H,37,44)(H,40,43)/t29?,30-/m1/s1. The third kappa shape index (κ3) is 8.29. The monoisotopic (exact) mass is 628 g/mol. The predicted octanol–water partition coefficient (Wildman–Crippen LogP) is 3.70. The van der Waals surface area contributed by atoms with Gasteiger partial charge in [-0.2, -0.15) is 0 Å². The second-order valence-corrected chi connectivity index (χ2v) is 11.5. The van der Waals surface area contributed by atoms with Crippen molar-refractivity contribution < 1.29 is 19.1 Å². The lowest BCUT2D eigenvalue weighted by atomic mass is 9.96. The molecule has 45 heavy (non-hydrogen) atoms. The SMILES string of the molecule is CNC(=O)[C@@H](Cc1ccc(Cl)cc1)NC(=O)c1cccc2c1OCCC2NCc1cncn1Cc1ccc(CCC(N)=O)cc1. The van der Waals surface area contributed by atoms with Crippen molar-refractivity contribution >= 4 is 29.3 Å². The first kappa shape index (κ1) is 31.7. The Kier molecular flexibility index (Phi) is 10.5. The summed E-state index contributed by atoms with van der Waals surface area (Å²) in [7, 11) is 1.55. The lowest BCUT2D eigenvalue weighted by Gasteiger charge is -2.28. The molecule has 5 N–H and O–H groups in total. The van der Waals surface area contributed by atoms with Crippen molar-refractivity contribution in [3.63, 3.8) is 0 Å². The highest BCUT2D eigenvalue weighted by Gasteiger charge is 2.28. The van der Waals surface area contributed by atoms with Crippen LogP contribution >= 0.6 is 11.6 Å². The van der Waals surface area contributed by atoms with Crippen molar-refractivity contribution in [2.75, 3.05) is 13.7 Å². The number of para-hydroxylation sites is 1. The van der Waals surface area contributed by atoms with Crippen LogP contribution < -0.4 is 26.4 Å². The van der Waals surface area contributed by atoms with Crippen LogP contribution in [0.4, 0.5) is 0 Å². The predicted molar refractivity (Wildman–Crippen MR) is 172 cm³/mol. The van der Waals surface area contributed by atoms with Crippen LogP contribution in [-0.2, 0) is 35.5 Å². The van der Waals surface area contributed by atoms with Gasteiger partial charge in [-0.25, -0.2) is 4.98 Å². The van der Waals surface area contributed by atoms with E-state index < -0.39 is 6.04 Å². The van der Waals surface area contributed by atoms with Crippen LogP contribution in [0.25, 0.3) is 0 Å². The summed E-state index contributed by atoms with van der Waals surface area (Å²) in [6.45, 7) is 1.67. The molecule has 0 saturated carbocycles. The first-order chi connectivity index (χ1) is 21.8. The molecule has 1 aliphatic rings. The number of halogens is 1. The molecule has 1 aromatic heterocycles. The number of amides is 3. The fourth-order valence-corrected chi connectivity index (χ4v) is 5.56. The fourth-order valence-electron chi connectivity index (χ4n) is 5.43. The number of nitrogens with two attached hydrogens (primary N) is 1. The van der Waals surface area contributed by atoms with Gasteiger partial charge < -0.3 is 31.0 Å². The summed E-state index contributed by atoms with van der Waals surface area (Å²) in [5.41, 5.74) is 10.6. The van der Waals surface area contributed by atoms with Crippen molar-refractivity contribution in [3.8, 4) is 5.75 Å². The van der Waals surface area contributed by atoms with E-state index in [0.717, 1.165) is 34.4 Å². The number of hydrogen-bond donors (Lipinski definition) is 4. The van der Waals surface area contributed by atoms with Crippen LogP contribution in [0, 0.1) is 0 Å². The number of likely N-dealkylation sites (N-methyl/N-ethyl adjacent to an activating group) is 1. The number of nitrogens with zero attached hydrogens (tertiary/aromatic N) is 2. The minimum atomic E-state index is -0.774. The number of ether oxygens (including phenoxy) is 1. The molecule has 11 heteroatoms. The number of imidazole rings is 1. The van der Waals surface area contributed by atoms with Gasteiger partial charge in [0.05, 0.1) is 24.2 Å². The van der Waals surface area contributed by atoms with Gasteiger partial charge in [0.15, 0.2) is 0 Å². The van der Waals surface area contributed by atoms with Gasteiger partial charge in [-0.3, -0.25) is 14.4 Å². The average Bonchev–Trinajstić information content (AvgIpc) is 3.49. The second kappa shape index (κ2) is 14.9. The van der Waals surface area contributed by atoms with E-state index in [1.54, 1.807) is 25.2 Å². The lowest BCUT2D eigenvalue weighted by Crippen LogP contribution is -2.47. The number of rotatable bonds is 13. The number of nitrogens with one attached hydrogen (secondary N) is 3. The van der Waals surface area contributed by atoms with Crippen LogP contribution in [0.15, 0.2) is 79.3 Å². The summed E-state index contributed by atoms with van der Waals surface area (Å²) in [4.78, 5) is 41.6. The Morgan fingerprint density at radius 1 is 1.04 bits per heavy atom. The summed E-state index contributed by atoms with van der Waals surface area (Å²) in [5, 5.41) is 9.76. The first-order valence-corrected chi connectivity index (χ1v) is 15.3. The Labute approximate surface area is 267 Å². The maximum atomic E-state index is 13.5. The maximum absolute atomic E-state index is 13.5. The van der Waals surface area contributed by atoms with E-state index in [9.17, 15) is 14.4 Å². The summed E-state index contributed by atoms with van der Waals surface area (Å²) >= 11 is 6.01. The summed E-state index contributed by atoms with van der Waals surface area (Å²) in [6.07, 6.45) is 5.66. The van der Waals surface area contributed by atoms with Gasteiger partial charge >= 0.3 is 0 Å². The van der Waals surface area contributed by atoms with Crippen LogP contribution in [0.3, 0.4) is 0 Å². The van der Waals surface area contributed by atoms with Gasteiger partial charge in [0.2, 0.25) is 11.8 Å². The van der Waals surface area contributed by atoms with Gasteiger partial charge in [0.1, 0.15) is 11.8 Å². The Morgan fingerprint density at radius 2 is 1.78 bits per heavy atom. The molecule has 0 bridgehead atoms. The number of aryl methyl sites for hydroxylation is 1. The summed E-state index contributed by atoms with van der Waals surface area (Å²) < 4.78 is 8.12. The first-order valence-electron chi connectivity index (χ1n) is 14.9. The Morgan fingerprint density at radius 3 is 2.51 bits per heavy atom. The van der Waals surface area contributed by atoms with Crippen molar-refractivity contribution in [1.29, 1.82) is 0 Å². The molecule has 0 aliphatic carbocycles. The van der Waals surface area contributed by atoms with Crippen LogP contribution in [-0.4, -0.2) is 47.0 Å². The van der Waals surface area contributed by atoms with E-state index in [1.165, 1.54) is 0 Å². The molecule has 1 aliphatic heterocycles. The quantitative estimate of drug-likeness (QED) is 0.178. The van der Waals surface area contributed by atoms with Crippen LogP contribution in [0.1, 0.15) is 57.2 Å². The highest BCUT2D eigenvalue weighted by molar-refractivity contribution is 6.30. The normalized spacial score (nSPS) is 14.6. The van der Waals surface area contributed by atoms with Crippen molar-refractivity contribution in [2.45, 2.75) is 50.9 Å². The van der Waals surface area contributed by atoms with Crippen LogP contribution in [0.5, 0.6) is 5.75 Å². The smallest absolute Gasteiger partial charge is 0.255 e. The zero-order chi connectivity index (χ0) is 31.8. The van der Waals surface area contributed by atoms with E-state index in [0.29, 0.717) is 55.3 Å². The number of fused-ring (bicyclic) bond motifs is 1. The molecule has 2 heterocycles. The molecule has 0 radical (unpaired) electrons. The Balaban J connectivity index is 1.24. The largest absolute Gasteiger partial charge is 0.492 e. The number of primary amides is 1.